The van der Waals surface area contributed by atoms with Crippen molar-refractivity contribution >= 4 is 45.9 Å². The van der Waals surface area contributed by atoms with Crippen LogP contribution in [0.15, 0.2) is 76.2 Å². The second-order valence-electron chi connectivity index (χ2n) is 8.24. The number of rotatable bonds is 6. The van der Waals surface area contributed by atoms with E-state index in [0.717, 1.165) is 39.4 Å². The number of aryl methyl sites for hydroxylation is 1. The first-order valence-corrected chi connectivity index (χ1v) is 11.8. The average Bonchev–Trinajstić information content (AvgIpc) is 3.54. The molecular formula is C27H22N2O5S. The third kappa shape index (κ3) is 4.52. The van der Waals surface area contributed by atoms with Crippen molar-refractivity contribution in [2.75, 3.05) is 7.11 Å². The highest BCUT2D eigenvalue weighted by atomic mass is 32.2. The molecule has 1 aliphatic rings. The minimum Gasteiger partial charge on any atom is -0.463 e. The number of ether oxygens (including phenoxy) is 1. The minimum atomic E-state index is -0.532. The number of carbonyl (C=O) groups excluding carboxylic acids is 3. The number of thioether (sulfide) groups is 1. The molecule has 0 atom stereocenters. The van der Waals surface area contributed by atoms with E-state index in [4.69, 9.17) is 9.15 Å². The van der Waals surface area contributed by atoms with E-state index < -0.39 is 5.97 Å². The number of para-hydroxylation sites is 1. The summed E-state index contributed by atoms with van der Waals surface area (Å²) < 4.78 is 12.3. The first-order valence-electron chi connectivity index (χ1n) is 11.0. The van der Waals surface area contributed by atoms with Gasteiger partial charge in [-0.25, -0.2) is 4.79 Å². The Morgan fingerprint density at radius 3 is 2.57 bits per heavy atom. The van der Waals surface area contributed by atoms with E-state index in [-0.39, 0.29) is 23.5 Å². The van der Waals surface area contributed by atoms with Crippen LogP contribution in [0.1, 0.15) is 33.0 Å². The number of furan rings is 1. The molecule has 0 aliphatic carbocycles. The van der Waals surface area contributed by atoms with Crippen LogP contribution in [0.5, 0.6) is 0 Å². The molecule has 0 N–H and O–H groups in total. The van der Waals surface area contributed by atoms with E-state index >= 15 is 0 Å². The summed E-state index contributed by atoms with van der Waals surface area (Å²) in [6, 6.07) is 18.9. The summed E-state index contributed by atoms with van der Waals surface area (Å²) in [6.45, 7) is 2.62. The molecule has 3 heterocycles. The summed E-state index contributed by atoms with van der Waals surface area (Å²) in [5.41, 5.74) is 3.78. The number of hydrogen-bond acceptors (Lipinski definition) is 6. The molecule has 5 rings (SSSR count). The van der Waals surface area contributed by atoms with Gasteiger partial charge in [0.1, 0.15) is 5.76 Å². The van der Waals surface area contributed by atoms with Crippen molar-refractivity contribution in [3.8, 4) is 0 Å². The SMILES string of the molecule is COC(=O)c1ccc(Cn2cc(/C=C3\SC(=O)N(Cc4ccc(C)cc4)C3=O)c3ccccc32)o1. The van der Waals surface area contributed by atoms with Crippen LogP contribution in [0, 0.1) is 6.92 Å². The van der Waals surface area contributed by atoms with E-state index in [1.54, 1.807) is 18.2 Å². The molecule has 35 heavy (non-hydrogen) atoms. The zero-order valence-corrected chi connectivity index (χ0v) is 20.0. The van der Waals surface area contributed by atoms with Gasteiger partial charge in [-0.15, -0.1) is 0 Å². The van der Waals surface area contributed by atoms with Gasteiger partial charge in [-0.05, 0) is 48.5 Å². The molecule has 176 valence electrons. The van der Waals surface area contributed by atoms with E-state index in [1.165, 1.54) is 12.0 Å². The Labute approximate surface area is 206 Å². The molecule has 8 heteroatoms. The van der Waals surface area contributed by atoms with Crippen molar-refractivity contribution in [1.82, 2.24) is 9.47 Å². The molecule has 1 aliphatic heterocycles. The molecule has 7 nitrogen and oxygen atoms in total. The second kappa shape index (κ2) is 9.31. The standard InChI is InChI=1S/C27H22N2O5S/c1-17-7-9-18(10-8-17)14-29-25(30)24(35-27(29)32)13-19-15-28(22-6-4-3-5-21(19)22)16-20-11-12-23(34-20)26(31)33-2/h3-13,15H,14,16H2,1-2H3/b24-13-. The number of hydrogen-bond donors (Lipinski definition) is 0. The summed E-state index contributed by atoms with van der Waals surface area (Å²) in [5.74, 6) is -0.0978. The molecule has 1 saturated heterocycles. The Balaban J connectivity index is 1.43. The maximum atomic E-state index is 13.1. The smallest absolute Gasteiger partial charge is 0.373 e. The van der Waals surface area contributed by atoms with Gasteiger partial charge in [0.25, 0.3) is 11.1 Å². The van der Waals surface area contributed by atoms with Crippen LogP contribution in [-0.4, -0.2) is 33.7 Å². The van der Waals surface area contributed by atoms with Crippen molar-refractivity contribution in [2.24, 2.45) is 0 Å². The van der Waals surface area contributed by atoms with Crippen LogP contribution >= 0.6 is 11.8 Å². The number of aromatic nitrogens is 1. The van der Waals surface area contributed by atoms with Gasteiger partial charge in [0, 0.05) is 22.7 Å². The lowest BCUT2D eigenvalue weighted by molar-refractivity contribution is -0.123. The van der Waals surface area contributed by atoms with Gasteiger partial charge in [0.15, 0.2) is 0 Å². The first kappa shape index (κ1) is 22.7. The van der Waals surface area contributed by atoms with Crippen molar-refractivity contribution < 1.29 is 23.5 Å². The third-order valence-electron chi connectivity index (χ3n) is 5.82. The lowest BCUT2D eigenvalue weighted by Crippen LogP contribution is -2.27. The monoisotopic (exact) mass is 486 g/mol. The summed E-state index contributed by atoms with van der Waals surface area (Å²) in [7, 11) is 1.30. The van der Waals surface area contributed by atoms with E-state index in [0.29, 0.717) is 17.2 Å². The molecule has 0 bridgehead atoms. The predicted octanol–water partition coefficient (Wildman–Crippen LogP) is 5.61. The van der Waals surface area contributed by atoms with Gasteiger partial charge >= 0.3 is 5.97 Å². The Hall–Kier alpha value is -4.04. The maximum Gasteiger partial charge on any atom is 0.373 e. The predicted molar refractivity (Wildman–Crippen MR) is 134 cm³/mol. The zero-order valence-electron chi connectivity index (χ0n) is 19.2. The van der Waals surface area contributed by atoms with Crippen molar-refractivity contribution in [1.29, 1.82) is 0 Å². The highest BCUT2D eigenvalue weighted by Gasteiger charge is 2.35. The molecule has 2 aromatic carbocycles. The molecule has 0 unspecified atom stereocenters. The Kier molecular flexibility index (Phi) is 6.05. The summed E-state index contributed by atoms with van der Waals surface area (Å²) in [6.07, 6.45) is 3.68. The van der Waals surface area contributed by atoms with Crippen LogP contribution < -0.4 is 0 Å². The highest BCUT2D eigenvalue weighted by molar-refractivity contribution is 8.18. The fourth-order valence-electron chi connectivity index (χ4n) is 4.02. The minimum absolute atomic E-state index is 0.140. The molecule has 1 fully saturated rings. The topological polar surface area (TPSA) is 81.8 Å². The molecular weight excluding hydrogens is 464 g/mol. The fraction of sp³-hybridized carbons (Fsp3) is 0.148. The van der Waals surface area contributed by atoms with Crippen molar-refractivity contribution in [3.05, 3.63) is 100.0 Å². The van der Waals surface area contributed by atoms with Crippen LogP contribution in [0.25, 0.3) is 17.0 Å². The number of fused-ring (bicyclic) bond motifs is 1. The largest absolute Gasteiger partial charge is 0.463 e. The highest BCUT2D eigenvalue weighted by Crippen LogP contribution is 2.35. The lowest BCUT2D eigenvalue weighted by atomic mass is 10.1. The summed E-state index contributed by atoms with van der Waals surface area (Å²) in [5, 5.41) is 0.661. The number of imide groups is 1. The van der Waals surface area contributed by atoms with Crippen molar-refractivity contribution in [3.63, 3.8) is 0 Å². The zero-order chi connectivity index (χ0) is 24.5. The maximum absolute atomic E-state index is 13.1. The Bertz CT molecular complexity index is 1480. The number of carbonyl (C=O) groups is 3. The van der Waals surface area contributed by atoms with E-state index in [2.05, 4.69) is 0 Å². The number of benzene rings is 2. The van der Waals surface area contributed by atoms with Gasteiger partial charge < -0.3 is 13.7 Å². The van der Waals surface area contributed by atoms with Crippen LogP contribution in [0.4, 0.5) is 4.79 Å². The molecule has 0 radical (unpaired) electrons. The normalized spacial score (nSPS) is 14.9. The fourth-order valence-corrected chi connectivity index (χ4v) is 4.84. The van der Waals surface area contributed by atoms with E-state index in [9.17, 15) is 14.4 Å². The molecule has 2 amide bonds. The summed E-state index contributed by atoms with van der Waals surface area (Å²) >= 11 is 0.949. The number of nitrogens with zero attached hydrogens (tertiary/aromatic N) is 2. The number of methoxy groups -OCH3 is 1. The third-order valence-corrected chi connectivity index (χ3v) is 6.72. The van der Waals surface area contributed by atoms with Gasteiger partial charge in [-0.1, -0.05) is 48.0 Å². The van der Waals surface area contributed by atoms with Gasteiger partial charge in [0.05, 0.1) is 25.1 Å². The van der Waals surface area contributed by atoms with Crippen LogP contribution in [0.2, 0.25) is 0 Å². The molecule has 2 aromatic heterocycles. The van der Waals surface area contributed by atoms with Gasteiger partial charge in [-0.3, -0.25) is 14.5 Å². The second-order valence-corrected chi connectivity index (χ2v) is 9.23. The Morgan fingerprint density at radius 1 is 1.03 bits per heavy atom. The summed E-state index contributed by atoms with van der Waals surface area (Å²) in [4.78, 5) is 39.1. The van der Waals surface area contributed by atoms with Gasteiger partial charge in [0.2, 0.25) is 5.76 Å². The Morgan fingerprint density at radius 2 is 1.80 bits per heavy atom. The van der Waals surface area contributed by atoms with Crippen molar-refractivity contribution in [2.45, 2.75) is 20.0 Å². The number of amides is 2. The molecule has 4 aromatic rings. The quantitative estimate of drug-likeness (QED) is 0.260. The lowest BCUT2D eigenvalue weighted by Gasteiger charge is -2.12. The van der Waals surface area contributed by atoms with Crippen LogP contribution in [-0.2, 0) is 22.6 Å². The molecule has 0 spiro atoms. The van der Waals surface area contributed by atoms with Crippen LogP contribution in [0.3, 0.4) is 0 Å². The first-order chi connectivity index (χ1) is 16.9. The van der Waals surface area contributed by atoms with E-state index in [1.807, 2.05) is 66.2 Å². The van der Waals surface area contributed by atoms with Gasteiger partial charge in [-0.2, -0.15) is 0 Å². The molecule has 0 saturated carbocycles. The number of esters is 1. The average molecular weight is 487 g/mol.